The van der Waals surface area contributed by atoms with Gasteiger partial charge in [-0.2, -0.15) is 4.98 Å². The molecule has 6 nitrogen and oxygen atoms in total. The largest absolute Gasteiger partial charge is 0.383 e. The number of aromatic nitrogens is 2. The maximum atomic E-state index is 12.0. The molecule has 2 aliphatic rings. The molecule has 2 aromatic rings. The lowest BCUT2D eigenvalue weighted by Gasteiger charge is -2.52. The Kier molecular flexibility index (Phi) is 4.78. The SMILES string of the molecule is CC(Cc1ccc(-n2ccc(N)nc2=O)cc1)N1CCC2(CC1)CC(N)C2. The van der Waals surface area contributed by atoms with Gasteiger partial charge in [0.15, 0.2) is 0 Å². The first-order chi connectivity index (χ1) is 12.9. The Morgan fingerprint density at radius 2 is 1.85 bits per heavy atom. The normalized spacial score (nSPS) is 21.1. The van der Waals surface area contributed by atoms with E-state index in [1.807, 2.05) is 12.1 Å². The van der Waals surface area contributed by atoms with Crippen molar-refractivity contribution in [3.8, 4) is 5.69 Å². The number of nitrogens with two attached hydrogens (primary N) is 2. The first-order valence-corrected chi connectivity index (χ1v) is 9.88. The number of rotatable bonds is 4. The van der Waals surface area contributed by atoms with Crippen LogP contribution in [0.25, 0.3) is 5.69 Å². The van der Waals surface area contributed by atoms with E-state index in [0.29, 0.717) is 17.5 Å². The number of piperidine rings is 1. The van der Waals surface area contributed by atoms with Gasteiger partial charge in [0.1, 0.15) is 5.82 Å². The number of hydrogen-bond acceptors (Lipinski definition) is 5. The van der Waals surface area contributed by atoms with Crippen LogP contribution in [0.4, 0.5) is 5.82 Å². The molecule has 1 saturated heterocycles. The number of likely N-dealkylation sites (tertiary alicyclic amines) is 1. The molecule has 1 atom stereocenters. The summed E-state index contributed by atoms with van der Waals surface area (Å²) < 4.78 is 1.51. The fraction of sp³-hybridized carbons (Fsp3) is 0.524. The molecule has 2 heterocycles. The second-order valence-electron chi connectivity index (χ2n) is 8.43. The highest BCUT2D eigenvalue weighted by Gasteiger charge is 2.44. The minimum Gasteiger partial charge on any atom is -0.383 e. The lowest BCUT2D eigenvalue weighted by atomic mass is 9.60. The Morgan fingerprint density at radius 3 is 2.44 bits per heavy atom. The van der Waals surface area contributed by atoms with E-state index in [-0.39, 0.29) is 11.5 Å². The van der Waals surface area contributed by atoms with Gasteiger partial charge in [-0.25, -0.2) is 4.79 Å². The minimum absolute atomic E-state index is 0.244. The second kappa shape index (κ2) is 7.09. The van der Waals surface area contributed by atoms with E-state index in [2.05, 4.69) is 28.9 Å². The van der Waals surface area contributed by atoms with Crippen molar-refractivity contribution < 1.29 is 0 Å². The van der Waals surface area contributed by atoms with E-state index in [0.717, 1.165) is 12.1 Å². The highest BCUT2D eigenvalue weighted by molar-refractivity contribution is 5.36. The van der Waals surface area contributed by atoms with Gasteiger partial charge in [0, 0.05) is 18.3 Å². The average molecular weight is 367 g/mol. The van der Waals surface area contributed by atoms with Gasteiger partial charge >= 0.3 is 5.69 Å². The number of benzene rings is 1. The Morgan fingerprint density at radius 1 is 1.19 bits per heavy atom. The van der Waals surface area contributed by atoms with Crippen molar-refractivity contribution in [2.45, 2.75) is 51.1 Å². The number of nitrogens with zero attached hydrogens (tertiary/aromatic N) is 3. The second-order valence-corrected chi connectivity index (χ2v) is 8.43. The van der Waals surface area contributed by atoms with Crippen LogP contribution in [0.3, 0.4) is 0 Å². The Bertz CT molecular complexity index is 844. The molecule has 1 spiro atoms. The standard InChI is InChI=1S/C21H29N5O/c1-15(25-10-7-21(8-11-25)13-17(22)14-21)12-16-2-4-18(5-3-16)26-9-6-19(23)24-20(26)27/h2-6,9,15,17H,7-8,10-14,22H2,1H3,(H2,23,24,27). The van der Waals surface area contributed by atoms with Gasteiger partial charge in [0.25, 0.3) is 0 Å². The van der Waals surface area contributed by atoms with Gasteiger partial charge in [-0.1, -0.05) is 12.1 Å². The first-order valence-electron chi connectivity index (χ1n) is 9.88. The van der Waals surface area contributed by atoms with Crippen LogP contribution in [0.5, 0.6) is 0 Å². The summed E-state index contributed by atoms with van der Waals surface area (Å²) in [6, 6.07) is 10.7. The Labute approximate surface area is 160 Å². The molecule has 1 aromatic heterocycles. The van der Waals surface area contributed by atoms with E-state index >= 15 is 0 Å². The molecular weight excluding hydrogens is 338 g/mol. The van der Waals surface area contributed by atoms with Crippen LogP contribution in [0.2, 0.25) is 0 Å². The zero-order valence-corrected chi connectivity index (χ0v) is 16.0. The van der Waals surface area contributed by atoms with Crippen molar-refractivity contribution >= 4 is 5.82 Å². The van der Waals surface area contributed by atoms with Gasteiger partial charge in [-0.05, 0) is 81.3 Å². The van der Waals surface area contributed by atoms with Crippen LogP contribution >= 0.6 is 0 Å². The topological polar surface area (TPSA) is 90.2 Å². The molecule has 4 N–H and O–H groups in total. The van der Waals surface area contributed by atoms with Crippen LogP contribution in [-0.4, -0.2) is 39.6 Å². The van der Waals surface area contributed by atoms with Crippen molar-refractivity contribution in [1.82, 2.24) is 14.5 Å². The van der Waals surface area contributed by atoms with E-state index < -0.39 is 0 Å². The molecule has 1 unspecified atom stereocenters. The third kappa shape index (κ3) is 3.77. The van der Waals surface area contributed by atoms with Crippen LogP contribution < -0.4 is 17.2 Å². The van der Waals surface area contributed by atoms with Gasteiger partial charge in [-0.3, -0.25) is 4.57 Å². The quantitative estimate of drug-likeness (QED) is 0.862. The van der Waals surface area contributed by atoms with Gasteiger partial charge in [0.2, 0.25) is 0 Å². The minimum atomic E-state index is -0.353. The van der Waals surface area contributed by atoms with Crippen molar-refractivity contribution in [3.05, 3.63) is 52.6 Å². The highest BCUT2D eigenvalue weighted by Crippen LogP contribution is 2.48. The molecular formula is C21H29N5O. The average Bonchev–Trinajstić information content (AvgIpc) is 2.62. The molecule has 0 bridgehead atoms. The fourth-order valence-electron chi connectivity index (χ4n) is 4.78. The fourth-order valence-corrected chi connectivity index (χ4v) is 4.78. The van der Waals surface area contributed by atoms with Crippen LogP contribution in [0.15, 0.2) is 41.3 Å². The number of nitrogen functional groups attached to an aromatic ring is 1. The summed E-state index contributed by atoms with van der Waals surface area (Å²) in [6.07, 6.45) is 7.69. The smallest absolute Gasteiger partial charge is 0.354 e. The summed E-state index contributed by atoms with van der Waals surface area (Å²) in [5.41, 5.74) is 13.9. The summed E-state index contributed by atoms with van der Waals surface area (Å²) in [7, 11) is 0. The van der Waals surface area contributed by atoms with Gasteiger partial charge in [0.05, 0.1) is 5.69 Å². The lowest BCUT2D eigenvalue weighted by molar-refractivity contribution is 0.00574. The van der Waals surface area contributed by atoms with E-state index in [4.69, 9.17) is 11.5 Å². The van der Waals surface area contributed by atoms with E-state index in [1.54, 1.807) is 12.3 Å². The van der Waals surface area contributed by atoms with Crippen LogP contribution in [0.1, 0.15) is 38.2 Å². The van der Waals surface area contributed by atoms with Crippen molar-refractivity contribution in [3.63, 3.8) is 0 Å². The zero-order chi connectivity index (χ0) is 19.0. The number of anilines is 1. The number of hydrogen-bond donors (Lipinski definition) is 2. The summed E-state index contributed by atoms with van der Waals surface area (Å²) in [4.78, 5) is 18.4. The van der Waals surface area contributed by atoms with E-state index in [1.165, 1.54) is 48.9 Å². The summed E-state index contributed by atoms with van der Waals surface area (Å²) >= 11 is 0. The highest BCUT2D eigenvalue weighted by atomic mass is 16.1. The monoisotopic (exact) mass is 367 g/mol. The summed E-state index contributed by atoms with van der Waals surface area (Å²) in [5.74, 6) is 0.244. The summed E-state index contributed by atoms with van der Waals surface area (Å²) in [5, 5.41) is 0. The van der Waals surface area contributed by atoms with E-state index in [9.17, 15) is 4.79 Å². The van der Waals surface area contributed by atoms with Gasteiger partial charge < -0.3 is 16.4 Å². The van der Waals surface area contributed by atoms with Crippen molar-refractivity contribution in [2.75, 3.05) is 18.8 Å². The third-order valence-electron chi connectivity index (χ3n) is 6.44. The maximum absolute atomic E-state index is 12.0. The van der Waals surface area contributed by atoms with Gasteiger partial charge in [-0.15, -0.1) is 0 Å². The molecule has 144 valence electrons. The van der Waals surface area contributed by atoms with Crippen LogP contribution in [0, 0.1) is 5.41 Å². The predicted molar refractivity (Wildman–Crippen MR) is 108 cm³/mol. The first kappa shape index (κ1) is 18.2. The molecule has 1 saturated carbocycles. The Hall–Kier alpha value is -2.18. The molecule has 1 aliphatic heterocycles. The Balaban J connectivity index is 1.36. The molecule has 4 rings (SSSR count). The summed E-state index contributed by atoms with van der Waals surface area (Å²) in [6.45, 7) is 4.67. The molecule has 0 radical (unpaired) electrons. The maximum Gasteiger partial charge on any atom is 0.354 e. The molecule has 6 heteroatoms. The van der Waals surface area contributed by atoms with Crippen molar-refractivity contribution in [2.24, 2.45) is 11.1 Å². The van der Waals surface area contributed by atoms with Crippen LogP contribution in [-0.2, 0) is 6.42 Å². The molecule has 0 amide bonds. The third-order valence-corrected chi connectivity index (χ3v) is 6.44. The molecule has 1 aliphatic carbocycles. The molecule has 1 aromatic carbocycles. The van der Waals surface area contributed by atoms with Crippen molar-refractivity contribution in [1.29, 1.82) is 0 Å². The molecule has 2 fully saturated rings. The molecule has 27 heavy (non-hydrogen) atoms. The zero-order valence-electron chi connectivity index (χ0n) is 16.0. The predicted octanol–water partition coefficient (Wildman–Crippen LogP) is 1.95. The lowest BCUT2D eigenvalue weighted by Crippen LogP contribution is -2.53.